The third-order valence-corrected chi connectivity index (χ3v) is 6.23. The molecule has 0 spiro atoms. The van der Waals surface area contributed by atoms with E-state index in [1.165, 1.54) is 32.4 Å². The second-order valence-corrected chi connectivity index (χ2v) is 8.24. The number of hydrogen-bond donors (Lipinski definition) is 0. The van der Waals surface area contributed by atoms with Crippen molar-refractivity contribution >= 4 is 23.1 Å². The predicted octanol–water partition coefficient (Wildman–Crippen LogP) is 2.42. The summed E-state index contributed by atoms with van der Waals surface area (Å²) >= 11 is 1.69. The molecule has 2 aliphatic heterocycles. The number of aromatic nitrogens is 2. The molecule has 2 fully saturated rings. The molecule has 0 aliphatic carbocycles. The molecule has 6 nitrogen and oxygen atoms in total. The highest BCUT2D eigenvalue weighted by Gasteiger charge is 2.22. The normalized spacial score (nSPS) is 18.7. The molecule has 0 N–H and O–H groups in total. The van der Waals surface area contributed by atoms with E-state index in [0.717, 1.165) is 49.2 Å². The molecule has 0 bridgehead atoms. The second kappa shape index (κ2) is 8.80. The van der Waals surface area contributed by atoms with E-state index in [2.05, 4.69) is 20.2 Å². The van der Waals surface area contributed by atoms with Crippen LogP contribution < -0.4 is 4.90 Å². The minimum absolute atomic E-state index is 0.186. The van der Waals surface area contributed by atoms with Gasteiger partial charge in [-0.3, -0.25) is 9.69 Å². The number of piperazine rings is 1. The van der Waals surface area contributed by atoms with Crippen LogP contribution in [0.2, 0.25) is 0 Å². The molecule has 0 radical (unpaired) electrons. The quantitative estimate of drug-likeness (QED) is 0.791. The van der Waals surface area contributed by atoms with Crippen LogP contribution in [0, 0.1) is 0 Å². The van der Waals surface area contributed by atoms with Crippen molar-refractivity contribution in [2.45, 2.75) is 32.2 Å². The Morgan fingerprint density at radius 2 is 1.85 bits per heavy atom. The first-order chi connectivity index (χ1) is 13.3. The molecule has 144 valence electrons. The highest BCUT2D eigenvalue weighted by atomic mass is 32.1. The lowest BCUT2D eigenvalue weighted by Gasteiger charge is -2.35. The molecule has 2 saturated heterocycles. The average Bonchev–Trinajstić information content (AvgIpc) is 3.16. The number of carbonyl (C=O) groups excluding carboxylic acids is 1. The summed E-state index contributed by atoms with van der Waals surface area (Å²) in [7, 11) is 0. The number of hydrogen-bond acceptors (Lipinski definition) is 6. The van der Waals surface area contributed by atoms with Gasteiger partial charge >= 0.3 is 0 Å². The standard InChI is InChI=1S/C20H27N5OS/c26-20(25-12-10-24(11-13-25)18-6-2-3-7-21-18)14-17-16-27-19(22-17)15-23-8-4-1-5-9-23/h2-3,6-7,16H,1,4-5,8-15H2. The number of nitrogens with zero attached hydrogens (tertiary/aromatic N) is 5. The largest absolute Gasteiger partial charge is 0.353 e. The number of anilines is 1. The Morgan fingerprint density at radius 3 is 2.59 bits per heavy atom. The van der Waals surface area contributed by atoms with Gasteiger partial charge in [-0.25, -0.2) is 9.97 Å². The molecule has 0 atom stereocenters. The van der Waals surface area contributed by atoms with Crippen molar-refractivity contribution in [3.8, 4) is 0 Å². The second-order valence-electron chi connectivity index (χ2n) is 7.30. The summed E-state index contributed by atoms with van der Waals surface area (Å²) in [6.45, 7) is 6.45. The van der Waals surface area contributed by atoms with Crippen molar-refractivity contribution in [2.75, 3.05) is 44.2 Å². The Hall–Kier alpha value is -1.99. The molecule has 0 saturated carbocycles. The lowest BCUT2D eigenvalue weighted by atomic mass is 10.1. The average molecular weight is 386 g/mol. The summed E-state index contributed by atoms with van der Waals surface area (Å²) < 4.78 is 0. The summed E-state index contributed by atoms with van der Waals surface area (Å²) in [6.07, 6.45) is 6.17. The van der Waals surface area contributed by atoms with Crippen molar-refractivity contribution < 1.29 is 4.79 Å². The van der Waals surface area contributed by atoms with Crippen molar-refractivity contribution in [1.82, 2.24) is 19.8 Å². The molecule has 0 aromatic carbocycles. The maximum absolute atomic E-state index is 12.7. The molecule has 0 unspecified atom stereocenters. The van der Waals surface area contributed by atoms with Gasteiger partial charge in [0, 0.05) is 37.8 Å². The number of carbonyl (C=O) groups is 1. The molecule has 27 heavy (non-hydrogen) atoms. The van der Waals surface area contributed by atoms with Crippen LogP contribution >= 0.6 is 11.3 Å². The zero-order valence-corrected chi connectivity index (χ0v) is 16.5. The van der Waals surface area contributed by atoms with Crippen LogP contribution in [-0.2, 0) is 17.8 Å². The molecule has 4 rings (SSSR count). The van der Waals surface area contributed by atoms with Gasteiger partial charge in [0.1, 0.15) is 10.8 Å². The molecule has 1 amide bonds. The van der Waals surface area contributed by atoms with Crippen molar-refractivity contribution in [3.63, 3.8) is 0 Å². The highest BCUT2D eigenvalue weighted by Crippen LogP contribution is 2.18. The third kappa shape index (κ3) is 4.84. The van der Waals surface area contributed by atoms with Gasteiger partial charge in [-0.2, -0.15) is 0 Å². The Balaban J connectivity index is 1.26. The minimum Gasteiger partial charge on any atom is -0.353 e. The van der Waals surface area contributed by atoms with Crippen LogP contribution in [0.5, 0.6) is 0 Å². The van der Waals surface area contributed by atoms with E-state index in [1.54, 1.807) is 11.3 Å². The highest BCUT2D eigenvalue weighted by molar-refractivity contribution is 7.09. The summed E-state index contributed by atoms with van der Waals surface area (Å²) in [5.74, 6) is 1.18. The Labute approximate surface area is 164 Å². The van der Waals surface area contributed by atoms with E-state index in [4.69, 9.17) is 4.98 Å². The first kappa shape index (κ1) is 18.4. The minimum atomic E-state index is 0.186. The topological polar surface area (TPSA) is 52.6 Å². The first-order valence-corrected chi connectivity index (χ1v) is 10.8. The lowest BCUT2D eigenvalue weighted by molar-refractivity contribution is -0.130. The number of amides is 1. The number of likely N-dealkylation sites (tertiary alicyclic amines) is 1. The van der Waals surface area contributed by atoms with Gasteiger partial charge < -0.3 is 9.80 Å². The zero-order chi connectivity index (χ0) is 18.5. The van der Waals surface area contributed by atoms with Gasteiger partial charge in [0.2, 0.25) is 5.91 Å². The number of piperidine rings is 1. The molecule has 2 aromatic heterocycles. The van der Waals surface area contributed by atoms with Crippen LogP contribution in [0.3, 0.4) is 0 Å². The summed E-state index contributed by atoms with van der Waals surface area (Å²) in [4.78, 5) is 28.4. The number of thiazole rings is 1. The van der Waals surface area contributed by atoms with E-state index in [1.807, 2.05) is 29.3 Å². The van der Waals surface area contributed by atoms with E-state index >= 15 is 0 Å². The fraction of sp³-hybridized carbons (Fsp3) is 0.550. The molecular formula is C20H27N5OS. The molecule has 2 aliphatic rings. The summed E-state index contributed by atoms with van der Waals surface area (Å²) in [6, 6.07) is 5.96. The van der Waals surface area contributed by atoms with Crippen LogP contribution in [0.1, 0.15) is 30.0 Å². The van der Waals surface area contributed by atoms with Crippen LogP contribution in [0.4, 0.5) is 5.82 Å². The van der Waals surface area contributed by atoms with Gasteiger partial charge in [0.15, 0.2) is 0 Å². The van der Waals surface area contributed by atoms with E-state index < -0.39 is 0 Å². The number of rotatable bonds is 5. The smallest absolute Gasteiger partial charge is 0.228 e. The monoisotopic (exact) mass is 385 g/mol. The van der Waals surface area contributed by atoms with Gasteiger partial charge in [0.25, 0.3) is 0 Å². The maximum Gasteiger partial charge on any atom is 0.228 e. The lowest BCUT2D eigenvalue weighted by Crippen LogP contribution is -2.49. The fourth-order valence-corrected chi connectivity index (χ4v) is 4.64. The Morgan fingerprint density at radius 1 is 1.04 bits per heavy atom. The van der Waals surface area contributed by atoms with Crippen molar-refractivity contribution in [2.24, 2.45) is 0 Å². The van der Waals surface area contributed by atoms with E-state index in [0.29, 0.717) is 6.42 Å². The summed E-state index contributed by atoms with van der Waals surface area (Å²) in [5.41, 5.74) is 0.921. The maximum atomic E-state index is 12.7. The van der Waals surface area contributed by atoms with Gasteiger partial charge in [-0.05, 0) is 38.1 Å². The van der Waals surface area contributed by atoms with Crippen LogP contribution in [0.25, 0.3) is 0 Å². The van der Waals surface area contributed by atoms with Gasteiger partial charge in [-0.1, -0.05) is 12.5 Å². The van der Waals surface area contributed by atoms with Crippen LogP contribution in [0.15, 0.2) is 29.8 Å². The third-order valence-electron chi connectivity index (χ3n) is 5.34. The van der Waals surface area contributed by atoms with E-state index in [9.17, 15) is 4.79 Å². The van der Waals surface area contributed by atoms with Gasteiger partial charge in [-0.15, -0.1) is 11.3 Å². The van der Waals surface area contributed by atoms with E-state index in [-0.39, 0.29) is 5.91 Å². The molecule has 7 heteroatoms. The van der Waals surface area contributed by atoms with Crippen LogP contribution in [-0.4, -0.2) is 64.9 Å². The Bertz CT molecular complexity index is 736. The Kier molecular flexibility index (Phi) is 5.99. The predicted molar refractivity (Wildman–Crippen MR) is 108 cm³/mol. The van der Waals surface area contributed by atoms with Gasteiger partial charge in [0.05, 0.1) is 18.7 Å². The van der Waals surface area contributed by atoms with Crippen molar-refractivity contribution in [1.29, 1.82) is 0 Å². The SMILES string of the molecule is O=C(Cc1csc(CN2CCCCC2)n1)N1CCN(c2ccccn2)CC1. The summed E-state index contributed by atoms with van der Waals surface area (Å²) in [5, 5.41) is 3.20. The molecule has 2 aromatic rings. The number of pyridine rings is 1. The molecule has 4 heterocycles. The molecular weight excluding hydrogens is 358 g/mol. The zero-order valence-electron chi connectivity index (χ0n) is 15.7. The van der Waals surface area contributed by atoms with Crippen molar-refractivity contribution in [3.05, 3.63) is 40.5 Å². The first-order valence-electron chi connectivity index (χ1n) is 9.87. The fourth-order valence-electron chi connectivity index (χ4n) is 3.80.